The average molecular weight is 288 g/mol. The predicted molar refractivity (Wildman–Crippen MR) is 82.0 cm³/mol. The van der Waals surface area contributed by atoms with E-state index in [1.165, 1.54) is 11.1 Å². The van der Waals surface area contributed by atoms with Gasteiger partial charge in [-0.3, -0.25) is 4.79 Å². The lowest BCUT2D eigenvalue weighted by atomic mass is 9.95. The highest BCUT2D eigenvalue weighted by Gasteiger charge is 2.29. The number of hydrogen-bond donors (Lipinski definition) is 1. The van der Waals surface area contributed by atoms with Crippen molar-refractivity contribution in [2.75, 3.05) is 19.7 Å². The fourth-order valence-electron chi connectivity index (χ4n) is 3.26. The topological polar surface area (TPSA) is 41.6 Å². The molecule has 1 N–H and O–H groups in total. The molecule has 2 heterocycles. The number of nitrogens with zero attached hydrogens (tertiary/aromatic N) is 1. The number of amides is 1. The number of nitrogens with one attached hydrogen (secondary N) is 1. The maximum atomic E-state index is 12.7. The highest BCUT2D eigenvalue weighted by molar-refractivity contribution is 5.82. The van der Waals surface area contributed by atoms with Crippen LogP contribution in [-0.4, -0.2) is 42.6 Å². The van der Waals surface area contributed by atoms with Crippen molar-refractivity contribution in [3.63, 3.8) is 0 Å². The zero-order valence-corrected chi connectivity index (χ0v) is 12.7. The lowest BCUT2D eigenvalue weighted by Gasteiger charge is -2.31. The van der Waals surface area contributed by atoms with Gasteiger partial charge in [0.1, 0.15) is 0 Å². The molecule has 1 amide bonds. The van der Waals surface area contributed by atoms with E-state index in [1.807, 2.05) is 11.8 Å². The van der Waals surface area contributed by atoms with Crippen LogP contribution >= 0.6 is 0 Å². The molecule has 2 atom stereocenters. The van der Waals surface area contributed by atoms with E-state index in [-0.39, 0.29) is 18.1 Å². The van der Waals surface area contributed by atoms with Gasteiger partial charge >= 0.3 is 0 Å². The van der Waals surface area contributed by atoms with Crippen molar-refractivity contribution < 1.29 is 9.53 Å². The summed E-state index contributed by atoms with van der Waals surface area (Å²) in [5, 5.41) is 3.38. The molecule has 4 nitrogen and oxygen atoms in total. The molecule has 0 bridgehead atoms. The van der Waals surface area contributed by atoms with Crippen LogP contribution in [0.25, 0.3) is 0 Å². The van der Waals surface area contributed by atoms with Gasteiger partial charge in [0.25, 0.3) is 0 Å². The Balaban J connectivity index is 1.64. The van der Waals surface area contributed by atoms with Gasteiger partial charge in [-0.25, -0.2) is 0 Å². The maximum absolute atomic E-state index is 12.7. The van der Waals surface area contributed by atoms with E-state index in [0.717, 1.165) is 45.5 Å². The van der Waals surface area contributed by atoms with E-state index in [1.54, 1.807) is 0 Å². The molecule has 0 spiro atoms. The van der Waals surface area contributed by atoms with Crippen molar-refractivity contribution in [2.24, 2.45) is 0 Å². The second-order valence-electron chi connectivity index (χ2n) is 5.92. The third-order valence-corrected chi connectivity index (χ3v) is 4.52. The van der Waals surface area contributed by atoms with Crippen molar-refractivity contribution in [1.82, 2.24) is 10.2 Å². The number of rotatable bonds is 4. The van der Waals surface area contributed by atoms with E-state index < -0.39 is 0 Å². The summed E-state index contributed by atoms with van der Waals surface area (Å²) < 4.78 is 5.66. The Labute approximate surface area is 126 Å². The van der Waals surface area contributed by atoms with Crippen LogP contribution < -0.4 is 5.32 Å². The van der Waals surface area contributed by atoms with Crippen molar-refractivity contribution in [2.45, 2.75) is 44.9 Å². The van der Waals surface area contributed by atoms with E-state index in [4.69, 9.17) is 4.74 Å². The van der Waals surface area contributed by atoms with Crippen LogP contribution in [0.1, 0.15) is 30.9 Å². The van der Waals surface area contributed by atoms with Crippen molar-refractivity contribution in [3.8, 4) is 0 Å². The highest BCUT2D eigenvalue weighted by Crippen LogP contribution is 2.19. The van der Waals surface area contributed by atoms with Crippen LogP contribution in [-0.2, 0) is 22.5 Å². The summed E-state index contributed by atoms with van der Waals surface area (Å²) in [6.07, 6.45) is 3.21. The largest absolute Gasteiger partial charge is 0.376 e. The molecule has 0 aliphatic carbocycles. The van der Waals surface area contributed by atoms with E-state index in [0.29, 0.717) is 0 Å². The molecule has 0 radical (unpaired) electrons. The molecule has 0 aromatic heterocycles. The van der Waals surface area contributed by atoms with Gasteiger partial charge in [-0.15, -0.1) is 0 Å². The second kappa shape index (κ2) is 6.58. The van der Waals surface area contributed by atoms with Crippen LogP contribution in [0.2, 0.25) is 0 Å². The van der Waals surface area contributed by atoms with Gasteiger partial charge in [0, 0.05) is 26.2 Å². The Morgan fingerprint density at radius 3 is 2.90 bits per heavy atom. The summed E-state index contributed by atoms with van der Waals surface area (Å²) in [6.45, 7) is 5.15. The second-order valence-corrected chi connectivity index (χ2v) is 5.92. The quantitative estimate of drug-likeness (QED) is 0.917. The first-order valence-electron chi connectivity index (χ1n) is 7.98. The summed E-state index contributed by atoms with van der Waals surface area (Å²) in [4.78, 5) is 14.7. The lowest BCUT2D eigenvalue weighted by molar-refractivity contribution is -0.135. The third kappa shape index (κ3) is 3.27. The molecule has 2 aliphatic rings. The van der Waals surface area contributed by atoms with Crippen LogP contribution in [0.5, 0.6) is 0 Å². The number of benzene rings is 1. The summed E-state index contributed by atoms with van der Waals surface area (Å²) >= 11 is 0. The normalized spacial score (nSPS) is 24.6. The lowest BCUT2D eigenvalue weighted by Crippen LogP contribution is -2.51. The summed E-state index contributed by atoms with van der Waals surface area (Å²) in [5.74, 6) is 0.211. The number of ether oxygens (including phenoxy) is 1. The highest BCUT2D eigenvalue weighted by atomic mass is 16.5. The first-order chi connectivity index (χ1) is 10.3. The zero-order chi connectivity index (χ0) is 14.7. The summed E-state index contributed by atoms with van der Waals surface area (Å²) in [7, 11) is 0. The fourth-order valence-corrected chi connectivity index (χ4v) is 3.26. The molecule has 1 aromatic carbocycles. The number of fused-ring (bicyclic) bond motifs is 1. The molecule has 3 rings (SSSR count). The first-order valence-corrected chi connectivity index (χ1v) is 7.98. The monoisotopic (exact) mass is 288 g/mol. The van der Waals surface area contributed by atoms with Crippen LogP contribution in [0.15, 0.2) is 24.3 Å². The molecule has 1 saturated heterocycles. The van der Waals surface area contributed by atoms with Crippen LogP contribution in [0.4, 0.5) is 0 Å². The fraction of sp³-hybridized carbons (Fsp3) is 0.588. The summed E-state index contributed by atoms with van der Waals surface area (Å²) in [6, 6.07) is 8.27. The number of likely N-dealkylation sites (N-methyl/N-ethyl adjacent to an activating group) is 1. The molecule has 2 aliphatic heterocycles. The minimum absolute atomic E-state index is 0.0961. The maximum Gasteiger partial charge on any atom is 0.240 e. The first kappa shape index (κ1) is 14.5. The Morgan fingerprint density at radius 2 is 2.19 bits per heavy atom. The average Bonchev–Trinajstić information content (AvgIpc) is 3.04. The van der Waals surface area contributed by atoms with Gasteiger partial charge < -0.3 is 15.0 Å². The van der Waals surface area contributed by atoms with Crippen LogP contribution in [0.3, 0.4) is 0 Å². The molecule has 114 valence electrons. The molecular weight excluding hydrogens is 264 g/mol. The van der Waals surface area contributed by atoms with Gasteiger partial charge in [0.15, 0.2) is 0 Å². The van der Waals surface area contributed by atoms with Gasteiger partial charge in [-0.2, -0.15) is 0 Å². The van der Waals surface area contributed by atoms with Crippen molar-refractivity contribution >= 4 is 5.91 Å². The number of carbonyl (C=O) groups is 1. The smallest absolute Gasteiger partial charge is 0.240 e. The molecular formula is C17H24N2O2. The predicted octanol–water partition coefficient (Wildman–Crippen LogP) is 1.73. The Kier molecular flexibility index (Phi) is 4.56. The van der Waals surface area contributed by atoms with E-state index in [9.17, 15) is 4.79 Å². The minimum atomic E-state index is -0.0961. The number of carbonyl (C=O) groups excluding carboxylic acids is 1. The molecule has 1 aromatic rings. The molecule has 21 heavy (non-hydrogen) atoms. The molecule has 4 heteroatoms. The van der Waals surface area contributed by atoms with Gasteiger partial charge in [-0.1, -0.05) is 24.3 Å². The molecule has 1 unspecified atom stereocenters. The molecule has 1 fully saturated rings. The minimum Gasteiger partial charge on any atom is -0.376 e. The Hall–Kier alpha value is -1.39. The van der Waals surface area contributed by atoms with Gasteiger partial charge in [0.2, 0.25) is 5.91 Å². The standard InChI is InChI=1S/C17H24N2O2/c1-2-19(12-15-8-5-9-21-15)17(20)16-10-13-6-3-4-7-14(13)11-18-16/h3-4,6-7,15-16,18H,2,5,8-12H2,1H3/t15?,16-/m0/s1. The van der Waals surface area contributed by atoms with Crippen molar-refractivity contribution in [1.29, 1.82) is 0 Å². The SMILES string of the molecule is CCN(CC1CCCO1)C(=O)[C@@H]1Cc2ccccc2CN1. The van der Waals surface area contributed by atoms with Gasteiger partial charge in [-0.05, 0) is 37.3 Å². The third-order valence-electron chi connectivity index (χ3n) is 4.52. The zero-order valence-electron chi connectivity index (χ0n) is 12.7. The van der Waals surface area contributed by atoms with Crippen molar-refractivity contribution in [3.05, 3.63) is 35.4 Å². The summed E-state index contributed by atoms with van der Waals surface area (Å²) in [5.41, 5.74) is 2.60. The van der Waals surface area contributed by atoms with E-state index in [2.05, 4.69) is 29.6 Å². The Morgan fingerprint density at radius 1 is 1.38 bits per heavy atom. The van der Waals surface area contributed by atoms with E-state index >= 15 is 0 Å². The van der Waals surface area contributed by atoms with Gasteiger partial charge in [0.05, 0.1) is 12.1 Å². The number of hydrogen-bond acceptors (Lipinski definition) is 3. The molecule has 0 saturated carbocycles. The van der Waals surface area contributed by atoms with Crippen LogP contribution in [0, 0.1) is 0 Å². The Bertz CT molecular complexity index is 497.